The van der Waals surface area contributed by atoms with E-state index in [2.05, 4.69) is 4.98 Å². The van der Waals surface area contributed by atoms with Crippen LogP contribution in [-0.4, -0.2) is 46.7 Å². The Morgan fingerprint density at radius 2 is 2.10 bits per heavy atom. The zero-order chi connectivity index (χ0) is 14.7. The lowest BCUT2D eigenvalue weighted by Crippen LogP contribution is -2.39. The monoisotopic (exact) mass is 290 g/mol. The summed E-state index contributed by atoms with van der Waals surface area (Å²) in [5, 5.41) is 9.15. The summed E-state index contributed by atoms with van der Waals surface area (Å²) in [6.45, 7) is 1.65. The quantitative estimate of drug-likeness (QED) is 0.919. The molecule has 1 N–H and O–H groups in total. The molecule has 1 aliphatic heterocycles. The Balaban J connectivity index is 1.62. The molecule has 1 aromatic rings. The molecule has 0 aromatic carbocycles. The van der Waals surface area contributed by atoms with Crippen molar-refractivity contribution in [3.63, 3.8) is 0 Å². The number of rotatable bonds is 4. The number of aromatic nitrogens is 1. The van der Waals surface area contributed by atoms with E-state index in [4.69, 9.17) is 9.84 Å². The van der Waals surface area contributed by atoms with Crippen molar-refractivity contribution >= 4 is 5.91 Å². The number of aliphatic hydroxyl groups excluding tert-OH is 1. The fraction of sp³-hybridized carbons (Fsp3) is 0.625. The van der Waals surface area contributed by atoms with Gasteiger partial charge in [-0.15, -0.1) is 0 Å². The van der Waals surface area contributed by atoms with Gasteiger partial charge in [-0.3, -0.25) is 4.79 Å². The van der Waals surface area contributed by atoms with E-state index in [0.717, 1.165) is 25.7 Å². The van der Waals surface area contributed by atoms with Crippen molar-refractivity contribution in [2.45, 2.75) is 38.2 Å². The van der Waals surface area contributed by atoms with E-state index in [0.29, 0.717) is 30.5 Å². The first kappa shape index (κ1) is 14.3. The van der Waals surface area contributed by atoms with E-state index in [1.165, 1.54) is 6.42 Å². The van der Waals surface area contributed by atoms with Crippen LogP contribution in [0.25, 0.3) is 0 Å². The van der Waals surface area contributed by atoms with Crippen molar-refractivity contribution in [2.75, 3.05) is 19.7 Å². The molecule has 1 aliphatic carbocycles. The smallest absolute Gasteiger partial charge is 0.254 e. The Morgan fingerprint density at radius 3 is 2.71 bits per heavy atom. The molecule has 0 spiro atoms. The lowest BCUT2D eigenvalue weighted by atomic mass is 9.96. The lowest BCUT2D eigenvalue weighted by Gasteiger charge is -2.31. The zero-order valence-corrected chi connectivity index (χ0v) is 12.2. The molecule has 21 heavy (non-hydrogen) atoms. The molecule has 1 aromatic heterocycles. The predicted molar refractivity (Wildman–Crippen MR) is 78.2 cm³/mol. The summed E-state index contributed by atoms with van der Waals surface area (Å²) in [5.74, 6) is 0.923. The molecule has 0 bridgehead atoms. The number of piperidine rings is 1. The molecule has 1 amide bonds. The molecule has 1 saturated carbocycles. The molecule has 0 unspecified atom stereocenters. The van der Waals surface area contributed by atoms with Crippen LogP contribution < -0.4 is 4.74 Å². The summed E-state index contributed by atoms with van der Waals surface area (Å²) in [6.07, 6.45) is 7.02. The largest absolute Gasteiger partial charge is 0.474 e. The Hall–Kier alpha value is -1.62. The number of carbonyl (C=O) groups is 1. The summed E-state index contributed by atoms with van der Waals surface area (Å²) in [4.78, 5) is 18.5. The maximum atomic E-state index is 12.5. The standard InChI is InChI=1S/C16H22N2O3/c19-11-12-5-8-18(9-6-12)16(20)13-4-7-17-15(10-13)21-14-2-1-3-14/h4,7,10,12,14,19H,1-3,5-6,8-9,11H2. The van der Waals surface area contributed by atoms with E-state index >= 15 is 0 Å². The Morgan fingerprint density at radius 1 is 1.33 bits per heavy atom. The number of hydrogen-bond donors (Lipinski definition) is 1. The molecular weight excluding hydrogens is 268 g/mol. The maximum Gasteiger partial charge on any atom is 0.254 e. The average Bonchev–Trinajstić information content (AvgIpc) is 2.51. The van der Waals surface area contributed by atoms with Gasteiger partial charge in [0.15, 0.2) is 0 Å². The molecule has 3 rings (SSSR count). The van der Waals surface area contributed by atoms with E-state index in [-0.39, 0.29) is 18.6 Å². The molecule has 0 atom stereocenters. The summed E-state index contributed by atoms with van der Waals surface area (Å²) in [6, 6.07) is 3.49. The van der Waals surface area contributed by atoms with Crippen molar-refractivity contribution in [1.82, 2.24) is 9.88 Å². The van der Waals surface area contributed by atoms with Gasteiger partial charge in [-0.25, -0.2) is 4.98 Å². The highest BCUT2D eigenvalue weighted by molar-refractivity contribution is 5.94. The molecular formula is C16H22N2O3. The maximum absolute atomic E-state index is 12.5. The van der Waals surface area contributed by atoms with Gasteiger partial charge in [0.05, 0.1) is 0 Å². The van der Waals surface area contributed by atoms with Gasteiger partial charge >= 0.3 is 0 Å². The molecule has 5 nitrogen and oxygen atoms in total. The third-order valence-electron chi connectivity index (χ3n) is 4.48. The molecule has 2 fully saturated rings. The highest BCUT2D eigenvalue weighted by Crippen LogP contribution is 2.25. The highest BCUT2D eigenvalue weighted by Gasteiger charge is 2.24. The van der Waals surface area contributed by atoms with Crippen LogP contribution in [0, 0.1) is 5.92 Å². The number of ether oxygens (including phenoxy) is 1. The zero-order valence-electron chi connectivity index (χ0n) is 12.2. The molecule has 2 aliphatic rings. The number of likely N-dealkylation sites (tertiary alicyclic amines) is 1. The first-order chi connectivity index (χ1) is 10.3. The number of hydrogen-bond acceptors (Lipinski definition) is 4. The molecule has 114 valence electrons. The predicted octanol–water partition coefficient (Wildman–Crippen LogP) is 1.86. The van der Waals surface area contributed by atoms with Gasteiger partial charge in [-0.1, -0.05) is 0 Å². The van der Waals surface area contributed by atoms with Gasteiger partial charge in [0, 0.05) is 37.5 Å². The van der Waals surface area contributed by atoms with Crippen LogP contribution >= 0.6 is 0 Å². The second-order valence-electron chi connectivity index (χ2n) is 5.97. The minimum Gasteiger partial charge on any atom is -0.474 e. The number of pyridine rings is 1. The van der Waals surface area contributed by atoms with Gasteiger partial charge in [-0.2, -0.15) is 0 Å². The van der Waals surface area contributed by atoms with Crippen molar-refractivity contribution < 1.29 is 14.6 Å². The van der Waals surface area contributed by atoms with Crippen molar-refractivity contribution in [3.05, 3.63) is 23.9 Å². The highest BCUT2D eigenvalue weighted by atomic mass is 16.5. The third-order valence-corrected chi connectivity index (χ3v) is 4.48. The number of aliphatic hydroxyl groups is 1. The SMILES string of the molecule is O=C(c1ccnc(OC2CCC2)c1)N1CCC(CO)CC1. The number of carbonyl (C=O) groups excluding carboxylic acids is 1. The number of nitrogens with zero attached hydrogens (tertiary/aromatic N) is 2. The molecule has 0 radical (unpaired) electrons. The first-order valence-electron chi connectivity index (χ1n) is 7.79. The Labute approximate surface area is 124 Å². The van der Waals surface area contributed by atoms with E-state index in [9.17, 15) is 4.79 Å². The normalized spacial score (nSPS) is 20.1. The van der Waals surface area contributed by atoms with Crippen molar-refractivity contribution in [1.29, 1.82) is 0 Å². The minimum atomic E-state index is 0.0345. The van der Waals surface area contributed by atoms with Crippen molar-refractivity contribution in [3.8, 4) is 5.88 Å². The van der Waals surface area contributed by atoms with Crippen molar-refractivity contribution in [2.24, 2.45) is 5.92 Å². The van der Waals surface area contributed by atoms with E-state index < -0.39 is 0 Å². The van der Waals surface area contributed by atoms with E-state index in [1.807, 2.05) is 4.90 Å². The molecule has 5 heteroatoms. The summed E-state index contributed by atoms with van der Waals surface area (Å²) in [5.41, 5.74) is 0.641. The summed E-state index contributed by atoms with van der Waals surface area (Å²) >= 11 is 0. The van der Waals surface area contributed by atoms with Crippen LogP contribution in [0.1, 0.15) is 42.5 Å². The van der Waals surface area contributed by atoms with Crippen LogP contribution in [0.15, 0.2) is 18.3 Å². The summed E-state index contributed by atoms with van der Waals surface area (Å²) < 4.78 is 5.75. The molecule has 2 heterocycles. The van der Waals surface area contributed by atoms with Crippen LogP contribution in [0.2, 0.25) is 0 Å². The second-order valence-corrected chi connectivity index (χ2v) is 5.97. The van der Waals surface area contributed by atoms with Crippen LogP contribution in [0.5, 0.6) is 5.88 Å². The summed E-state index contributed by atoms with van der Waals surface area (Å²) in [7, 11) is 0. The third kappa shape index (κ3) is 3.35. The molecule has 1 saturated heterocycles. The Bertz CT molecular complexity index is 494. The lowest BCUT2D eigenvalue weighted by molar-refractivity contribution is 0.0648. The van der Waals surface area contributed by atoms with E-state index in [1.54, 1.807) is 18.3 Å². The fourth-order valence-corrected chi connectivity index (χ4v) is 2.77. The van der Waals surface area contributed by atoms with Crippen LogP contribution in [-0.2, 0) is 0 Å². The average molecular weight is 290 g/mol. The number of amides is 1. The van der Waals surface area contributed by atoms with Gasteiger partial charge in [0.2, 0.25) is 5.88 Å². The Kier molecular flexibility index (Phi) is 4.39. The van der Waals surface area contributed by atoms with Crippen LogP contribution in [0.3, 0.4) is 0 Å². The van der Waals surface area contributed by atoms with Gasteiger partial charge in [-0.05, 0) is 44.1 Å². The minimum absolute atomic E-state index is 0.0345. The second kappa shape index (κ2) is 6.43. The van der Waals surface area contributed by atoms with Gasteiger partial charge in [0.1, 0.15) is 6.10 Å². The van der Waals surface area contributed by atoms with Gasteiger partial charge in [0.25, 0.3) is 5.91 Å². The topological polar surface area (TPSA) is 62.7 Å². The fourth-order valence-electron chi connectivity index (χ4n) is 2.77. The van der Waals surface area contributed by atoms with Crippen LogP contribution in [0.4, 0.5) is 0 Å². The first-order valence-corrected chi connectivity index (χ1v) is 7.79. The van der Waals surface area contributed by atoms with Gasteiger partial charge < -0.3 is 14.7 Å².